The molecule has 122 valence electrons. The third-order valence-corrected chi connectivity index (χ3v) is 4.63. The SMILES string of the molecule is Brc1ccc(C(OCCNN2CCCC2)c2ccccc2)cc1. The molecule has 0 amide bonds. The number of nitrogens with one attached hydrogen (secondary N) is 1. The molecular weight excluding hydrogens is 352 g/mol. The minimum absolute atomic E-state index is 0.0234. The van der Waals surface area contributed by atoms with Gasteiger partial charge in [0.15, 0.2) is 0 Å². The summed E-state index contributed by atoms with van der Waals surface area (Å²) in [5.41, 5.74) is 5.82. The lowest BCUT2D eigenvalue weighted by atomic mass is 10.0. The van der Waals surface area contributed by atoms with Crippen LogP contribution in [-0.4, -0.2) is 31.3 Å². The Bertz CT molecular complexity index is 582. The Morgan fingerprint density at radius 1 is 0.957 bits per heavy atom. The minimum Gasteiger partial charge on any atom is -0.367 e. The smallest absolute Gasteiger partial charge is 0.108 e. The molecule has 0 aliphatic carbocycles. The first-order valence-corrected chi connectivity index (χ1v) is 9.03. The van der Waals surface area contributed by atoms with Gasteiger partial charge < -0.3 is 4.74 Å². The molecule has 1 fully saturated rings. The first kappa shape index (κ1) is 16.7. The maximum atomic E-state index is 6.21. The maximum absolute atomic E-state index is 6.21. The second-order valence-electron chi connectivity index (χ2n) is 5.82. The zero-order chi connectivity index (χ0) is 15.9. The highest BCUT2D eigenvalue weighted by Crippen LogP contribution is 2.26. The Hall–Kier alpha value is -1.20. The lowest BCUT2D eigenvalue weighted by molar-refractivity contribution is 0.0691. The summed E-state index contributed by atoms with van der Waals surface area (Å²) in [7, 11) is 0. The van der Waals surface area contributed by atoms with Crippen molar-refractivity contribution >= 4 is 15.9 Å². The fraction of sp³-hybridized carbons (Fsp3) is 0.368. The molecule has 2 aromatic carbocycles. The van der Waals surface area contributed by atoms with Gasteiger partial charge in [-0.2, -0.15) is 0 Å². The standard InChI is InChI=1S/C19H23BrN2O/c20-18-10-8-17(9-11-18)19(16-6-2-1-3-7-16)23-15-12-21-22-13-4-5-14-22/h1-3,6-11,19,21H,4-5,12-15H2. The van der Waals surface area contributed by atoms with Crippen LogP contribution in [0.5, 0.6) is 0 Å². The molecule has 2 aromatic rings. The largest absolute Gasteiger partial charge is 0.367 e. The van der Waals surface area contributed by atoms with E-state index >= 15 is 0 Å². The molecule has 1 unspecified atom stereocenters. The van der Waals surface area contributed by atoms with Crippen LogP contribution >= 0.6 is 15.9 Å². The van der Waals surface area contributed by atoms with Crippen LogP contribution in [0.2, 0.25) is 0 Å². The summed E-state index contributed by atoms with van der Waals surface area (Å²) in [5, 5.41) is 2.29. The Kier molecular flexibility index (Phi) is 6.22. The molecule has 1 aliphatic heterocycles. The number of benzene rings is 2. The predicted octanol–water partition coefficient (Wildman–Crippen LogP) is 4.16. The number of hydrogen-bond donors (Lipinski definition) is 1. The summed E-state index contributed by atoms with van der Waals surface area (Å²) in [6.07, 6.45) is 2.56. The van der Waals surface area contributed by atoms with E-state index in [2.05, 4.69) is 74.9 Å². The summed E-state index contributed by atoms with van der Waals surface area (Å²) < 4.78 is 7.30. The molecule has 3 nitrogen and oxygen atoms in total. The Labute approximate surface area is 146 Å². The van der Waals surface area contributed by atoms with Crippen molar-refractivity contribution in [3.63, 3.8) is 0 Å². The van der Waals surface area contributed by atoms with Gasteiger partial charge in [-0.25, -0.2) is 5.01 Å². The second-order valence-corrected chi connectivity index (χ2v) is 6.73. The van der Waals surface area contributed by atoms with Gasteiger partial charge in [0.25, 0.3) is 0 Å². The van der Waals surface area contributed by atoms with E-state index in [0.717, 1.165) is 24.1 Å². The van der Waals surface area contributed by atoms with Crippen LogP contribution in [0.4, 0.5) is 0 Å². The van der Waals surface area contributed by atoms with E-state index in [1.54, 1.807) is 0 Å². The van der Waals surface area contributed by atoms with Crippen molar-refractivity contribution in [2.24, 2.45) is 0 Å². The molecule has 1 atom stereocenters. The van der Waals surface area contributed by atoms with Crippen LogP contribution in [0.1, 0.15) is 30.1 Å². The molecule has 1 saturated heterocycles. The summed E-state index contributed by atoms with van der Waals surface area (Å²) in [6.45, 7) is 3.83. The molecule has 1 N–H and O–H groups in total. The summed E-state index contributed by atoms with van der Waals surface area (Å²) in [4.78, 5) is 0. The Morgan fingerprint density at radius 3 is 2.30 bits per heavy atom. The zero-order valence-corrected chi connectivity index (χ0v) is 14.8. The molecule has 0 spiro atoms. The van der Waals surface area contributed by atoms with E-state index in [0.29, 0.717) is 6.61 Å². The molecule has 0 bridgehead atoms. The van der Waals surface area contributed by atoms with E-state index in [1.807, 2.05) is 6.07 Å². The van der Waals surface area contributed by atoms with Gasteiger partial charge in [-0.15, -0.1) is 0 Å². The number of halogens is 1. The highest BCUT2D eigenvalue weighted by molar-refractivity contribution is 9.10. The van der Waals surface area contributed by atoms with Gasteiger partial charge in [-0.3, -0.25) is 5.43 Å². The number of nitrogens with zero attached hydrogens (tertiary/aromatic N) is 1. The van der Waals surface area contributed by atoms with Crippen LogP contribution in [0.25, 0.3) is 0 Å². The number of ether oxygens (including phenoxy) is 1. The Morgan fingerprint density at radius 2 is 1.61 bits per heavy atom. The molecule has 1 aliphatic rings. The molecule has 0 aromatic heterocycles. The number of hydrogen-bond acceptors (Lipinski definition) is 3. The van der Waals surface area contributed by atoms with Gasteiger partial charge in [0.05, 0.1) is 6.61 Å². The van der Waals surface area contributed by atoms with Gasteiger partial charge in [0.1, 0.15) is 6.10 Å². The van der Waals surface area contributed by atoms with Gasteiger partial charge in [0, 0.05) is 24.1 Å². The maximum Gasteiger partial charge on any atom is 0.108 e. The van der Waals surface area contributed by atoms with Crippen molar-refractivity contribution < 1.29 is 4.74 Å². The predicted molar refractivity (Wildman–Crippen MR) is 97.2 cm³/mol. The highest BCUT2D eigenvalue weighted by atomic mass is 79.9. The van der Waals surface area contributed by atoms with E-state index in [-0.39, 0.29) is 6.10 Å². The average molecular weight is 375 g/mol. The molecular formula is C19H23BrN2O. The van der Waals surface area contributed by atoms with Crippen LogP contribution in [0.15, 0.2) is 59.1 Å². The third-order valence-electron chi connectivity index (χ3n) is 4.10. The first-order chi connectivity index (χ1) is 11.3. The number of rotatable bonds is 7. The molecule has 23 heavy (non-hydrogen) atoms. The fourth-order valence-electron chi connectivity index (χ4n) is 2.91. The van der Waals surface area contributed by atoms with Crippen LogP contribution in [0, 0.1) is 0 Å². The third kappa shape index (κ3) is 4.88. The summed E-state index contributed by atoms with van der Waals surface area (Å²) >= 11 is 3.50. The van der Waals surface area contributed by atoms with Crippen LogP contribution in [0.3, 0.4) is 0 Å². The molecule has 4 heteroatoms. The van der Waals surface area contributed by atoms with Gasteiger partial charge in [-0.05, 0) is 36.1 Å². The van der Waals surface area contributed by atoms with E-state index in [1.165, 1.54) is 24.0 Å². The first-order valence-electron chi connectivity index (χ1n) is 8.23. The Balaban J connectivity index is 1.62. The molecule has 1 heterocycles. The second kappa shape index (κ2) is 8.60. The quantitative estimate of drug-likeness (QED) is 0.736. The van der Waals surface area contributed by atoms with Crippen molar-refractivity contribution in [1.82, 2.24) is 10.4 Å². The van der Waals surface area contributed by atoms with Gasteiger partial charge in [-0.1, -0.05) is 58.4 Å². The van der Waals surface area contributed by atoms with Crippen molar-refractivity contribution in [2.45, 2.75) is 18.9 Å². The van der Waals surface area contributed by atoms with Crippen LogP contribution in [-0.2, 0) is 4.74 Å². The van der Waals surface area contributed by atoms with E-state index in [4.69, 9.17) is 4.74 Å². The average Bonchev–Trinajstić information content (AvgIpc) is 3.10. The normalized spacial score (nSPS) is 16.6. The topological polar surface area (TPSA) is 24.5 Å². The van der Waals surface area contributed by atoms with Gasteiger partial charge >= 0.3 is 0 Å². The fourth-order valence-corrected chi connectivity index (χ4v) is 3.17. The monoisotopic (exact) mass is 374 g/mol. The van der Waals surface area contributed by atoms with E-state index < -0.39 is 0 Å². The zero-order valence-electron chi connectivity index (χ0n) is 13.2. The molecule has 0 radical (unpaired) electrons. The number of hydrazine groups is 1. The van der Waals surface area contributed by atoms with Crippen molar-refractivity contribution in [3.8, 4) is 0 Å². The summed E-state index contributed by atoms with van der Waals surface area (Å²) in [6, 6.07) is 18.8. The minimum atomic E-state index is -0.0234. The van der Waals surface area contributed by atoms with Crippen molar-refractivity contribution in [3.05, 3.63) is 70.2 Å². The van der Waals surface area contributed by atoms with Gasteiger partial charge in [0.2, 0.25) is 0 Å². The molecule has 0 saturated carbocycles. The lowest BCUT2D eigenvalue weighted by Gasteiger charge is -2.21. The highest BCUT2D eigenvalue weighted by Gasteiger charge is 2.15. The molecule has 3 rings (SSSR count). The van der Waals surface area contributed by atoms with E-state index in [9.17, 15) is 0 Å². The van der Waals surface area contributed by atoms with Crippen molar-refractivity contribution in [1.29, 1.82) is 0 Å². The van der Waals surface area contributed by atoms with Crippen molar-refractivity contribution in [2.75, 3.05) is 26.2 Å². The lowest BCUT2D eigenvalue weighted by Crippen LogP contribution is -2.37. The summed E-state index contributed by atoms with van der Waals surface area (Å²) in [5.74, 6) is 0. The van der Waals surface area contributed by atoms with Crippen LogP contribution < -0.4 is 5.43 Å².